The van der Waals surface area contributed by atoms with E-state index in [9.17, 15) is 14.7 Å². The zero-order chi connectivity index (χ0) is 15.4. The Balaban J connectivity index is 1.94. The van der Waals surface area contributed by atoms with E-state index >= 15 is 0 Å². The summed E-state index contributed by atoms with van der Waals surface area (Å²) >= 11 is 0. The molecule has 1 N–H and O–H groups in total. The SMILES string of the molecule is CC1C[C@H](C(=O)N(C)CCc2ccncc2)[C@H](C(=O)O)C1. The van der Waals surface area contributed by atoms with Crippen molar-refractivity contribution in [1.29, 1.82) is 0 Å². The highest BCUT2D eigenvalue weighted by atomic mass is 16.4. The molecule has 1 unspecified atom stereocenters. The third-order valence-electron chi connectivity index (χ3n) is 4.29. The van der Waals surface area contributed by atoms with E-state index in [1.165, 1.54) is 0 Å². The second kappa shape index (κ2) is 6.70. The molecule has 0 radical (unpaired) electrons. The minimum Gasteiger partial charge on any atom is -0.481 e. The summed E-state index contributed by atoms with van der Waals surface area (Å²) in [6.45, 7) is 2.61. The van der Waals surface area contributed by atoms with Gasteiger partial charge in [0, 0.05) is 26.0 Å². The van der Waals surface area contributed by atoms with Crippen LogP contribution in [0.4, 0.5) is 0 Å². The van der Waals surface area contributed by atoms with Crippen LogP contribution in [0.25, 0.3) is 0 Å². The molecule has 0 aromatic carbocycles. The molecule has 5 nitrogen and oxygen atoms in total. The number of nitrogens with zero attached hydrogens (tertiary/aromatic N) is 2. The first-order valence-electron chi connectivity index (χ1n) is 7.35. The minimum absolute atomic E-state index is 0.0409. The van der Waals surface area contributed by atoms with E-state index in [2.05, 4.69) is 4.98 Å². The minimum atomic E-state index is -0.847. The van der Waals surface area contributed by atoms with Crippen LogP contribution < -0.4 is 0 Å². The Labute approximate surface area is 125 Å². The molecule has 1 aliphatic carbocycles. The Morgan fingerprint density at radius 3 is 2.52 bits per heavy atom. The number of hydrogen-bond donors (Lipinski definition) is 1. The average Bonchev–Trinajstić information content (AvgIpc) is 2.87. The molecule has 0 saturated heterocycles. The van der Waals surface area contributed by atoms with Gasteiger partial charge in [-0.15, -0.1) is 0 Å². The Morgan fingerprint density at radius 2 is 1.90 bits per heavy atom. The van der Waals surface area contributed by atoms with Crippen molar-refractivity contribution < 1.29 is 14.7 Å². The summed E-state index contributed by atoms with van der Waals surface area (Å²) in [6.07, 6.45) is 5.50. The second-order valence-corrected chi connectivity index (χ2v) is 5.99. The van der Waals surface area contributed by atoms with E-state index in [-0.39, 0.29) is 11.8 Å². The van der Waals surface area contributed by atoms with E-state index in [0.717, 1.165) is 12.0 Å². The van der Waals surface area contributed by atoms with Crippen molar-refractivity contribution in [3.05, 3.63) is 30.1 Å². The van der Waals surface area contributed by atoms with Gasteiger partial charge in [-0.05, 0) is 42.9 Å². The lowest BCUT2D eigenvalue weighted by Gasteiger charge is -2.23. The van der Waals surface area contributed by atoms with Gasteiger partial charge >= 0.3 is 5.97 Å². The average molecular weight is 290 g/mol. The van der Waals surface area contributed by atoms with Crippen molar-refractivity contribution >= 4 is 11.9 Å². The first kappa shape index (κ1) is 15.5. The lowest BCUT2D eigenvalue weighted by molar-refractivity contribution is -0.148. The van der Waals surface area contributed by atoms with Crippen LogP contribution in [-0.4, -0.2) is 40.5 Å². The van der Waals surface area contributed by atoms with E-state index in [4.69, 9.17) is 0 Å². The van der Waals surface area contributed by atoms with Gasteiger partial charge in [0.25, 0.3) is 0 Å². The molecule has 0 bridgehead atoms. The van der Waals surface area contributed by atoms with Crippen LogP contribution in [0.3, 0.4) is 0 Å². The van der Waals surface area contributed by atoms with Crippen molar-refractivity contribution in [2.75, 3.05) is 13.6 Å². The fourth-order valence-corrected chi connectivity index (χ4v) is 3.08. The summed E-state index contributed by atoms with van der Waals surface area (Å²) in [5.74, 6) is -1.49. The van der Waals surface area contributed by atoms with Crippen LogP contribution in [0, 0.1) is 17.8 Å². The molecule has 1 saturated carbocycles. The highest BCUT2D eigenvalue weighted by Crippen LogP contribution is 2.37. The molecule has 1 fully saturated rings. The lowest BCUT2D eigenvalue weighted by Crippen LogP contribution is -2.37. The topological polar surface area (TPSA) is 70.5 Å². The molecular weight excluding hydrogens is 268 g/mol. The molecule has 21 heavy (non-hydrogen) atoms. The molecule has 5 heteroatoms. The van der Waals surface area contributed by atoms with Crippen LogP contribution >= 0.6 is 0 Å². The Bertz CT molecular complexity index is 504. The fourth-order valence-electron chi connectivity index (χ4n) is 3.08. The van der Waals surface area contributed by atoms with Gasteiger partial charge in [0.1, 0.15) is 0 Å². The molecule has 1 aromatic heterocycles. The maximum atomic E-state index is 12.5. The number of hydrogen-bond acceptors (Lipinski definition) is 3. The van der Waals surface area contributed by atoms with Crippen LogP contribution in [0.15, 0.2) is 24.5 Å². The standard InChI is InChI=1S/C16H22N2O3/c1-11-9-13(14(10-11)16(20)21)15(19)18(2)8-5-12-3-6-17-7-4-12/h3-4,6-7,11,13-14H,5,8-10H2,1-2H3,(H,20,21)/t11?,13-,14+/m0/s1. The van der Waals surface area contributed by atoms with Gasteiger partial charge in [0.2, 0.25) is 5.91 Å². The number of carboxylic acid groups (broad SMARTS) is 1. The van der Waals surface area contributed by atoms with Gasteiger partial charge in [0.15, 0.2) is 0 Å². The molecular formula is C16H22N2O3. The van der Waals surface area contributed by atoms with Crippen LogP contribution in [-0.2, 0) is 16.0 Å². The van der Waals surface area contributed by atoms with Gasteiger partial charge in [-0.1, -0.05) is 6.92 Å². The normalized spacial score (nSPS) is 24.8. The number of rotatable bonds is 5. The van der Waals surface area contributed by atoms with Crippen molar-refractivity contribution in [2.24, 2.45) is 17.8 Å². The summed E-state index contributed by atoms with van der Waals surface area (Å²) in [5, 5.41) is 9.26. The Morgan fingerprint density at radius 1 is 1.29 bits per heavy atom. The maximum absolute atomic E-state index is 12.5. The fraction of sp³-hybridized carbons (Fsp3) is 0.562. The number of carboxylic acids is 1. The molecule has 3 atom stereocenters. The number of pyridine rings is 1. The largest absolute Gasteiger partial charge is 0.481 e. The van der Waals surface area contributed by atoms with Crippen molar-refractivity contribution in [1.82, 2.24) is 9.88 Å². The van der Waals surface area contributed by atoms with Gasteiger partial charge in [-0.25, -0.2) is 0 Å². The van der Waals surface area contributed by atoms with Crippen LogP contribution in [0.2, 0.25) is 0 Å². The van der Waals surface area contributed by atoms with Crippen LogP contribution in [0.1, 0.15) is 25.3 Å². The first-order valence-corrected chi connectivity index (χ1v) is 7.35. The van der Waals surface area contributed by atoms with Crippen LogP contribution in [0.5, 0.6) is 0 Å². The quantitative estimate of drug-likeness (QED) is 0.898. The van der Waals surface area contributed by atoms with Gasteiger partial charge in [-0.3, -0.25) is 14.6 Å². The monoisotopic (exact) mass is 290 g/mol. The third kappa shape index (κ3) is 3.80. The maximum Gasteiger partial charge on any atom is 0.307 e. The lowest BCUT2D eigenvalue weighted by atomic mass is 9.95. The summed E-state index contributed by atoms with van der Waals surface area (Å²) in [7, 11) is 1.76. The number of aromatic nitrogens is 1. The number of amides is 1. The predicted molar refractivity (Wildman–Crippen MR) is 78.6 cm³/mol. The summed E-state index contributed by atoms with van der Waals surface area (Å²) in [4.78, 5) is 29.4. The summed E-state index contributed by atoms with van der Waals surface area (Å²) < 4.78 is 0. The molecule has 0 aliphatic heterocycles. The second-order valence-electron chi connectivity index (χ2n) is 5.99. The molecule has 1 heterocycles. The highest BCUT2D eigenvalue weighted by molar-refractivity contribution is 5.85. The number of likely N-dealkylation sites (N-methyl/N-ethyl adjacent to an activating group) is 1. The molecule has 1 aromatic rings. The molecule has 0 spiro atoms. The van der Waals surface area contributed by atoms with Crippen molar-refractivity contribution in [3.63, 3.8) is 0 Å². The first-order chi connectivity index (χ1) is 9.99. The van der Waals surface area contributed by atoms with E-state index in [0.29, 0.717) is 25.3 Å². The van der Waals surface area contributed by atoms with Gasteiger partial charge in [0.05, 0.1) is 11.8 Å². The number of carbonyl (C=O) groups is 2. The van der Waals surface area contributed by atoms with E-state index in [1.807, 2.05) is 19.1 Å². The Hall–Kier alpha value is -1.91. The smallest absolute Gasteiger partial charge is 0.307 e. The zero-order valence-corrected chi connectivity index (χ0v) is 12.5. The highest BCUT2D eigenvalue weighted by Gasteiger charge is 2.42. The van der Waals surface area contributed by atoms with E-state index in [1.54, 1.807) is 24.3 Å². The molecule has 1 amide bonds. The summed E-state index contributed by atoms with van der Waals surface area (Å²) in [5.41, 5.74) is 1.12. The molecule has 1 aliphatic rings. The van der Waals surface area contributed by atoms with Gasteiger partial charge < -0.3 is 10.0 Å². The summed E-state index contributed by atoms with van der Waals surface area (Å²) in [6, 6.07) is 3.85. The van der Waals surface area contributed by atoms with Crippen molar-refractivity contribution in [3.8, 4) is 0 Å². The van der Waals surface area contributed by atoms with Gasteiger partial charge in [-0.2, -0.15) is 0 Å². The predicted octanol–water partition coefficient (Wildman–Crippen LogP) is 1.83. The number of aliphatic carboxylic acids is 1. The Kier molecular flexibility index (Phi) is 4.94. The van der Waals surface area contributed by atoms with E-state index < -0.39 is 11.9 Å². The molecule has 114 valence electrons. The molecule has 2 rings (SSSR count). The zero-order valence-electron chi connectivity index (χ0n) is 12.5. The van der Waals surface area contributed by atoms with Crippen molar-refractivity contribution in [2.45, 2.75) is 26.2 Å². The third-order valence-corrected chi connectivity index (χ3v) is 4.29. The number of carbonyl (C=O) groups excluding carboxylic acids is 1.